The number of carbonyl (C=O) groups excluding carboxylic acids is 2. The number of Topliss-reactive ketones (excluding diaryl/α,β-unsaturated/α-hetero) is 1. The quantitative estimate of drug-likeness (QED) is 0.293. The Balaban J connectivity index is 1.71. The topological polar surface area (TPSA) is 80.3 Å². The normalized spacial score (nSPS) is 17.8. The van der Waals surface area contributed by atoms with Gasteiger partial charge < -0.3 is 4.90 Å². The van der Waals surface area contributed by atoms with Crippen LogP contribution in [0.1, 0.15) is 32.3 Å². The zero-order valence-corrected chi connectivity index (χ0v) is 14.8. The van der Waals surface area contributed by atoms with Crippen molar-refractivity contribution in [3.05, 3.63) is 112 Å². The van der Waals surface area contributed by atoms with Crippen LogP contribution in [0.5, 0.6) is 0 Å². The van der Waals surface area contributed by atoms with Gasteiger partial charge in [0.2, 0.25) is 0 Å². The first-order valence-corrected chi connectivity index (χ1v) is 8.79. The van der Waals surface area contributed by atoms with E-state index in [0.717, 1.165) is 0 Å². The highest BCUT2D eigenvalue weighted by atomic mass is 16.6. The lowest BCUT2D eigenvalue weighted by Crippen LogP contribution is -2.19. The minimum Gasteiger partial charge on any atom is -0.316 e. The molecule has 1 fully saturated rings. The van der Waals surface area contributed by atoms with Crippen LogP contribution in [0.25, 0.3) is 0 Å². The van der Waals surface area contributed by atoms with Crippen molar-refractivity contribution in [2.45, 2.75) is 12.1 Å². The minimum atomic E-state index is -0.683. The number of non-ortho nitro benzene ring substituents is 1. The van der Waals surface area contributed by atoms with Gasteiger partial charge in [-0.15, -0.1) is 0 Å². The number of carbonyl (C=O) groups is 2. The van der Waals surface area contributed by atoms with Crippen molar-refractivity contribution in [2.24, 2.45) is 0 Å². The van der Waals surface area contributed by atoms with E-state index in [0.29, 0.717) is 16.7 Å². The molecule has 3 aromatic rings. The largest absolute Gasteiger partial charge is 0.316 e. The number of nitrogens with zero attached hydrogens (tertiary/aromatic N) is 2. The fraction of sp³-hybridized carbons (Fsp3) is 0.0909. The predicted octanol–water partition coefficient (Wildman–Crippen LogP) is 4.04. The van der Waals surface area contributed by atoms with Crippen LogP contribution in [-0.2, 0) is 0 Å². The van der Waals surface area contributed by atoms with Gasteiger partial charge in [-0.25, -0.2) is 0 Å². The van der Waals surface area contributed by atoms with Crippen molar-refractivity contribution in [3.8, 4) is 0 Å². The molecule has 1 amide bonds. The molecule has 0 N–H and O–H groups in total. The Morgan fingerprint density at radius 3 is 2.04 bits per heavy atom. The zero-order chi connectivity index (χ0) is 19.7. The number of nitro benzene ring substituents is 1. The molecule has 1 heterocycles. The number of benzene rings is 3. The molecule has 3 aromatic carbocycles. The van der Waals surface area contributed by atoms with Gasteiger partial charge in [0.05, 0.1) is 11.0 Å². The highest BCUT2D eigenvalue weighted by Crippen LogP contribution is 2.46. The molecule has 6 heteroatoms. The second-order valence-corrected chi connectivity index (χ2v) is 6.55. The number of ketones is 1. The van der Waals surface area contributed by atoms with Gasteiger partial charge >= 0.3 is 0 Å². The van der Waals surface area contributed by atoms with E-state index in [-0.39, 0.29) is 17.4 Å². The average Bonchev–Trinajstić information content (AvgIpc) is 3.49. The summed E-state index contributed by atoms with van der Waals surface area (Å²) in [6, 6.07) is 22.3. The first-order valence-electron chi connectivity index (χ1n) is 8.79. The first kappa shape index (κ1) is 17.6. The summed E-state index contributed by atoms with van der Waals surface area (Å²) in [5.41, 5.74) is 1.49. The van der Waals surface area contributed by atoms with Crippen LogP contribution in [0.4, 0.5) is 5.69 Å². The molecule has 28 heavy (non-hydrogen) atoms. The van der Waals surface area contributed by atoms with Gasteiger partial charge in [0, 0.05) is 23.3 Å². The van der Waals surface area contributed by atoms with Gasteiger partial charge in [0.25, 0.3) is 11.6 Å². The standard InChI is InChI=1S/C22H16N2O4/c25-21(15-8-3-1-4-9-15)20-19(17-12-7-13-18(14-17)24(27)28)23(20)22(26)16-10-5-2-6-11-16/h1-14,19-20H/t19-,20+,23?/m1/s1. The summed E-state index contributed by atoms with van der Waals surface area (Å²) in [6.45, 7) is 0. The molecule has 0 aromatic heterocycles. The van der Waals surface area contributed by atoms with Crippen LogP contribution in [0.15, 0.2) is 84.9 Å². The van der Waals surface area contributed by atoms with E-state index in [9.17, 15) is 19.7 Å². The monoisotopic (exact) mass is 372 g/mol. The Kier molecular flexibility index (Phi) is 4.45. The van der Waals surface area contributed by atoms with Crippen LogP contribution in [-0.4, -0.2) is 27.6 Å². The van der Waals surface area contributed by atoms with E-state index in [1.54, 1.807) is 60.7 Å². The van der Waals surface area contributed by atoms with Gasteiger partial charge in [-0.1, -0.05) is 60.7 Å². The number of amides is 1. The molecule has 2 atom stereocenters. The lowest BCUT2D eigenvalue weighted by atomic mass is 10.0. The summed E-state index contributed by atoms with van der Waals surface area (Å²) >= 11 is 0. The fourth-order valence-electron chi connectivity index (χ4n) is 3.42. The Labute approximate surface area is 161 Å². The molecule has 0 spiro atoms. The zero-order valence-electron chi connectivity index (χ0n) is 14.8. The number of hydrogen-bond acceptors (Lipinski definition) is 4. The van der Waals surface area contributed by atoms with Crippen LogP contribution in [0, 0.1) is 10.1 Å². The molecule has 138 valence electrons. The lowest BCUT2D eigenvalue weighted by Gasteiger charge is -2.05. The van der Waals surface area contributed by atoms with Crippen molar-refractivity contribution in [2.75, 3.05) is 0 Å². The molecule has 1 saturated heterocycles. The predicted molar refractivity (Wildman–Crippen MR) is 103 cm³/mol. The molecule has 4 rings (SSSR count). The Hall–Kier alpha value is -3.80. The third kappa shape index (κ3) is 3.16. The number of nitro groups is 1. The Morgan fingerprint density at radius 1 is 0.821 bits per heavy atom. The van der Waals surface area contributed by atoms with E-state index in [2.05, 4.69) is 0 Å². The molecule has 1 aliphatic heterocycles. The van der Waals surface area contributed by atoms with E-state index < -0.39 is 17.0 Å². The van der Waals surface area contributed by atoms with Crippen molar-refractivity contribution in [1.82, 2.24) is 4.90 Å². The van der Waals surface area contributed by atoms with Crippen molar-refractivity contribution in [1.29, 1.82) is 0 Å². The van der Waals surface area contributed by atoms with Crippen molar-refractivity contribution < 1.29 is 14.5 Å². The Bertz CT molecular complexity index is 993. The molecule has 1 aliphatic rings. The highest BCUT2D eigenvalue weighted by molar-refractivity contribution is 6.08. The molecule has 0 bridgehead atoms. The third-order valence-electron chi connectivity index (χ3n) is 4.81. The molecule has 0 unspecified atom stereocenters. The summed E-state index contributed by atoms with van der Waals surface area (Å²) in [5, 5.41) is 11.1. The van der Waals surface area contributed by atoms with Crippen molar-refractivity contribution in [3.63, 3.8) is 0 Å². The highest BCUT2D eigenvalue weighted by Gasteiger charge is 2.56. The molecular weight excluding hydrogens is 356 g/mol. The Morgan fingerprint density at radius 2 is 1.43 bits per heavy atom. The van der Waals surface area contributed by atoms with Gasteiger partial charge in [-0.3, -0.25) is 19.7 Å². The average molecular weight is 372 g/mol. The summed E-state index contributed by atoms with van der Waals surface area (Å²) < 4.78 is 0. The smallest absolute Gasteiger partial charge is 0.269 e. The van der Waals surface area contributed by atoms with Gasteiger partial charge in [0.1, 0.15) is 6.04 Å². The van der Waals surface area contributed by atoms with Crippen LogP contribution < -0.4 is 0 Å². The third-order valence-corrected chi connectivity index (χ3v) is 4.81. The molecule has 0 radical (unpaired) electrons. The van der Waals surface area contributed by atoms with Crippen LogP contribution in [0.2, 0.25) is 0 Å². The molecule has 6 nitrogen and oxygen atoms in total. The maximum absolute atomic E-state index is 13.0. The lowest BCUT2D eigenvalue weighted by molar-refractivity contribution is -0.384. The van der Waals surface area contributed by atoms with Gasteiger partial charge in [-0.2, -0.15) is 0 Å². The van der Waals surface area contributed by atoms with E-state index in [1.165, 1.54) is 17.0 Å². The summed E-state index contributed by atoms with van der Waals surface area (Å²) in [7, 11) is 0. The maximum Gasteiger partial charge on any atom is 0.269 e. The summed E-state index contributed by atoms with van der Waals surface area (Å²) in [5.74, 6) is -0.451. The second-order valence-electron chi connectivity index (χ2n) is 6.55. The SMILES string of the molecule is O=C(c1ccccc1)[C@@H]1[C@@H](c2cccc([N+](=O)[O-])c2)N1C(=O)c1ccccc1. The number of rotatable bonds is 5. The first-order chi connectivity index (χ1) is 13.6. The maximum atomic E-state index is 13.0. The van der Waals surface area contributed by atoms with Gasteiger partial charge in [0.15, 0.2) is 5.78 Å². The molecule has 0 aliphatic carbocycles. The molecular formula is C22H16N2O4. The second kappa shape index (κ2) is 7.08. The van der Waals surface area contributed by atoms with E-state index in [1.807, 2.05) is 12.1 Å². The van der Waals surface area contributed by atoms with Crippen LogP contribution >= 0.6 is 0 Å². The van der Waals surface area contributed by atoms with E-state index >= 15 is 0 Å². The van der Waals surface area contributed by atoms with E-state index in [4.69, 9.17) is 0 Å². The number of hydrogen-bond donors (Lipinski definition) is 0. The van der Waals surface area contributed by atoms with Gasteiger partial charge in [-0.05, 0) is 17.7 Å². The fourth-order valence-corrected chi connectivity index (χ4v) is 3.42. The summed E-state index contributed by atoms with van der Waals surface area (Å²) in [6.07, 6.45) is 0. The summed E-state index contributed by atoms with van der Waals surface area (Å²) in [4.78, 5) is 38.2. The van der Waals surface area contributed by atoms with Crippen molar-refractivity contribution >= 4 is 17.4 Å². The minimum absolute atomic E-state index is 0.0672. The van der Waals surface area contributed by atoms with Crippen LogP contribution in [0.3, 0.4) is 0 Å². The molecule has 0 saturated carbocycles.